The Balaban J connectivity index is 2.30. The molecular formula is C15H17BrN4O3. The molecule has 0 unspecified atom stereocenters. The van der Waals surface area contributed by atoms with E-state index in [9.17, 15) is 14.7 Å². The van der Waals surface area contributed by atoms with E-state index in [4.69, 9.17) is 0 Å². The predicted molar refractivity (Wildman–Crippen MR) is 89.9 cm³/mol. The SMILES string of the molecule is CCCC[C@H](Nc1cnn(-c2ccccn2)c(=O)c1Br)C(=O)O. The van der Waals surface area contributed by atoms with Gasteiger partial charge in [0, 0.05) is 6.20 Å². The van der Waals surface area contributed by atoms with Gasteiger partial charge in [0.2, 0.25) is 0 Å². The highest BCUT2D eigenvalue weighted by Gasteiger charge is 2.19. The average Bonchev–Trinajstić information content (AvgIpc) is 2.56. The third kappa shape index (κ3) is 4.16. The van der Waals surface area contributed by atoms with Crippen LogP contribution in [0.1, 0.15) is 26.2 Å². The maximum absolute atomic E-state index is 12.4. The fourth-order valence-electron chi connectivity index (χ4n) is 2.03. The molecule has 2 N–H and O–H groups in total. The quantitative estimate of drug-likeness (QED) is 0.765. The minimum Gasteiger partial charge on any atom is -0.480 e. The first-order valence-corrected chi connectivity index (χ1v) is 8.02. The lowest BCUT2D eigenvalue weighted by atomic mass is 10.1. The van der Waals surface area contributed by atoms with Crippen LogP contribution < -0.4 is 10.9 Å². The molecule has 2 aromatic rings. The van der Waals surface area contributed by atoms with Crippen molar-refractivity contribution in [3.8, 4) is 5.82 Å². The second-order valence-corrected chi connectivity index (χ2v) is 5.75. The third-order valence-corrected chi connectivity index (χ3v) is 4.03. The van der Waals surface area contributed by atoms with Crippen LogP contribution in [0.3, 0.4) is 0 Å². The maximum atomic E-state index is 12.4. The second-order valence-electron chi connectivity index (χ2n) is 4.95. The third-order valence-electron chi connectivity index (χ3n) is 3.26. The number of anilines is 1. The lowest BCUT2D eigenvalue weighted by Crippen LogP contribution is -2.31. The molecule has 0 aliphatic carbocycles. The molecule has 0 saturated carbocycles. The molecule has 2 aromatic heterocycles. The molecule has 122 valence electrons. The molecule has 0 aliphatic heterocycles. The zero-order chi connectivity index (χ0) is 16.8. The van der Waals surface area contributed by atoms with Crippen LogP contribution in [0.4, 0.5) is 5.69 Å². The summed E-state index contributed by atoms with van der Waals surface area (Å²) in [5.41, 5.74) is -0.0565. The summed E-state index contributed by atoms with van der Waals surface area (Å²) in [6.07, 6.45) is 5.13. The number of aliphatic carboxylic acids is 1. The van der Waals surface area contributed by atoms with Crippen LogP contribution in [-0.2, 0) is 4.79 Å². The largest absolute Gasteiger partial charge is 0.480 e. The second kappa shape index (κ2) is 7.87. The first-order chi connectivity index (χ1) is 11.0. The molecule has 0 amide bonds. The molecule has 23 heavy (non-hydrogen) atoms. The van der Waals surface area contributed by atoms with Crippen LogP contribution in [0, 0.1) is 0 Å². The Morgan fingerprint density at radius 2 is 2.26 bits per heavy atom. The highest BCUT2D eigenvalue weighted by atomic mass is 79.9. The van der Waals surface area contributed by atoms with Crippen molar-refractivity contribution in [1.82, 2.24) is 14.8 Å². The molecule has 0 spiro atoms. The number of unbranched alkanes of at least 4 members (excludes halogenated alkanes) is 1. The van der Waals surface area contributed by atoms with Gasteiger partial charge in [-0.25, -0.2) is 9.78 Å². The lowest BCUT2D eigenvalue weighted by molar-refractivity contribution is -0.138. The minimum atomic E-state index is -0.959. The Morgan fingerprint density at radius 3 is 2.87 bits per heavy atom. The lowest BCUT2D eigenvalue weighted by Gasteiger charge is -2.16. The highest BCUT2D eigenvalue weighted by molar-refractivity contribution is 9.10. The van der Waals surface area contributed by atoms with Gasteiger partial charge in [-0.05, 0) is 34.5 Å². The van der Waals surface area contributed by atoms with E-state index in [-0.39, 0.29) is 4.47 Å². The standard InChI is InChI=1S/C15H17BrN4O3/c1-2-3-6-10(15(22)23)19-11-9-18-20(14(21)13(11)16)12-7-4-5-8-17-12/h4-5,7-10,19H,2-3,6H2,1H3,(H,22,23)/t10-/m0/s1. The molecule has 0 aromatic carbocycles. The van der Waals surface area contributed by atoms with Crippen LogP contribution in [0.25, 0.3) is 5.82 Å². The van der Waals surface area contributed by atoms with Gasteiger partial charge in [-0.15, -0.1) is 0 Å². The first-order valence-electron chi connectivity index (χ1n) is 7.23. The Labute approximate surface area is 141 Å². The Morgan fingerprint density at radius 1 is 1.48 bits per heavy atom. The highest BCUT2D eigenvalue weighted by Crippen LogP contribution is 2.19. The van der Waals surface area contributed by atoms with Crippen molar-refractivity contribution in [1.29, 1.82) is 0 Å². The number of nitrogens with one attached hydrogen (secondary N) is 1. The number of pyridine rings is 1. The monoisotopic (exact) mass is 380 g/mol. The summed E-state index contributed by atoms with van der Waals surface area (Å²) >= 11 is 3.22. The average molecular weight is 381 g/mol. The fourth-order valence-corrected chi connectivity index (χ4v) is 2.41. The molecular weight excluding hydrogens is 364 g/mol. The van der Waals surface area contributed by atoms with Crippen LogP contribution in [0.2, 0.25) is 0 Å². The number of aromatic nitrogens is 3. The van der Waals surface area contributed by atoms with E-state index in [0.717, 1.165) is 17.5 Å². The van der Waals surface area contributed by atoms with E-state index >= 15 is 0 Å². The number of hydrogen-bond donors (Lipinski definition) is 2. The number of carbonyl (C=O) groups is 1. The van der Waals surface area contributed by atoms with Crippen LogP contribution >= 0.6 is 15.9 Å². The number of carboxylic acids is 1. The zero-order valence-corrected chi connectivity index (χ0v) is 14.2. The molecule has 1 atom stereocenters. The molecule has 0 saturated heterocycles. The molecule has 0 radical (unpaired) electrons. The smallest absolute Gasteiger partial charge is 0.326 e. The zero-order valence-electron chi connectivity index (χ0n) is 12.6. The minimum absolute atomic E-state index is 0.223. The van der Waals surface area contributed by atoms with Gasteiger partial charge in [-0.2, -0.15) is 9.78 Å². The predicted octanol–water partition coefficient (Wildman–Crippen LogP) is 2.45. The maximum Gasteiger partial charge on any atom is 0.326 e. The van der Waals surface area contributed by atoms with Crippen molar-refractivity contribution in [2.75, 3.05) is 5.32 Å². The van der Waals surface area contributed by atoms with Crippen molar-refractivity contribution < 1.29 is 9.90 Å². The van der Waals surface area contributed by atoms with Gasteiger partial charge in [0.15, 0.2) is 5.82 Å². The Kier molecular flexibility index (Phi) is 5.86. The van der Waals surface area contributed by atoms with Crippen molar-refractivity contribution in [3.05, 3.63) is 45.4 Å². The van der Waals surface area contributed by atoms with E-state index in [1.807, 2.05) is 6.92 Å². The van der Waals surface area contributed by atoms with Crippen LogP contribution in [0.5, 0.6) is 0 Å². The normalized spacial score (nSPS) is 11.9. The summed E-state index contributed by atoms with van der Waals surface area (Å²) < 4.78 is 1.37. The molecule has 2 rings (SSSR count). The summed E-state index contributed by atoms with van der Waals surface area (Å²) in [5.74, 6) is -0.565. The topological polar surface area (TPSA) is 97.1 Å². The van der Waals surface area contributed by atoms with Crippen molar-refractivity contribution in [3.63, 3.8) is 0 Å². The van der Waals surface area contributed by atoms with E-state index < -0.39 is 17.6 Å². The van der Waals surface area contributed by atoms with Crippen molar-refractivity contribution >= 4 is 27.6 Å². The number of rotatable bonds is 7. The summed E-state index contributed by atoms with van der Waals surface area (Å²) in [6, 6.07) is 4.39. The number of halogens is 1. The van der Waals surface area contributed by atoms with Gasteiger partial charge in [0.05, 0.1) is 11.9 Å². The van der Waals surface area contributed by atoms with Gasteiger partial charge in [0.25, 0.3) is 5.56 Å². The van der Waals surface area contributed by atoms with Gasteiger partial charge in [-0.1, -0.05) is 25.8 Å². The van der Waals surface area contributed by atoms with E-state index in [1.54, 1.807) is 24.4 Å². The summed E-state index contributed by atoms with van der Waals surface area (Å²) in [7, 11) is 0. The fraction of sp³-hybridized carbons (Fsp3) is 0.333. The molecule has 0 bridgehead atoms. The molecule has 2 heterocycles. The van der Waals surface area contributed by atoms with E-state index in [1.165, 1.54) is 6.20 Å². The van der Waals surface area contributed by atoms with E-state index in [2.05, 4.69) is 31.3 Å². The van der Waals surface area contributed by atoms with Crippen LogP contribution in [0.15, 0.2) is 39.9 Å². The number of nitrogens with zero attached hydrogens (tertiary/aromatic N) is 3. The Hall–Kier alpha value is -2.22. The summed E-state index contributed by atoms with van der Waals surface area (Å²) in [4.78, 5) is 27.8. The van der Waals surface area contributed by atoms with Gasteiger partial charge in [0.1, 0.15) is 10.5 Å². The molecule has 0 fully saturated rings. The van der Waals surface area contributed by atoms with Crippen molar-refractivity contribution in [2.24, 2.45) is 0 Å². The van der Waals surface area contributed by atoms with Crippen LogP contribution in [-0.4, -0.2) is 31.9 Å². The molecule has 0 aliphatic rings. The van der Waals surface area contributed by atoms with E-state index in [0.29, 0.717) is 17.9 Å². The number of hydrogen-bond acceptors (Lipinski definition) is 5. The first kappa shape index (κ1) is 17.1. The van der Waals surface area contributed by atoms with Gasteiger partial charge >= 0.3 is 5.97 Å². The van der Waals surface area contributed by atoms with Gasteiger partial charge in [-0.3, -0.25) is 4.79 Å². The summed E-state index contributed by atoms with van der Waals surface area (Å²) in [5, 5.41) is 16.2. The molecule has 7 nitrogen and oxygen atoms in total. The number of carboxylic acid groups (broad SMARTS) is 1. The van der Waals surface area contributed by atoms with Crippen molar-refractivity contribution in [2.45, 2.75) is 32.2 Å². The molecule has 8 heteroatoms. The Bertz CT molecular complexity index is 733. The summed E-state index contributed by atoms with van der Waals surface area (Å²) in [6.45, 7) is 1.99. The van der Waals surface area contributed by atoms with Gasteiger partial charge < -0.3 is 10.4 Å².